The van der Waals surface area contributed by atoms with Crippen molar-refractivity contribution in [2.45, 2.75) is 81.8 Å². The van der Waals surface area contributed by atoms with Crippen molar-refractivity contribution in [3.8, 4) is 0 Å². The van der Waals surface area contributed by atoms with Crippen molar-refractivity contribution in [2.24, 2.45) is 4.40 Å². The fraction of sp³-hybridized carbons (Fsp3) is 0.387. The van der Waals surface area contributed by atoms with E-state index >= 15 is 0 Å². The lowest BCUT2D eigenvalue weighted by molar-refractivity contribution is 0.180. The number of hydrogen-bond donors (Lipinski definition) is 1. The molecule has 0 aromatic heterocycles. The molecule has 1 fully saturated rings. The van der Waals surface area contributed by atoms with Gasteiger partial charge >= 0.3 is 0 Å². The minimum Gasteiger partial charge on any atom is -0.559 e. The highest BCUT2D eigenvalue weighted by atomic mass is 35.5. The van der Waals surface area contributed by atoms with Crippen LogP contribution < -0.4 is 4.72 Å². The number of sulfonamides is 1. The standard InChI is InChI=1S/C31H37ClN2O4S2/c1-4-5-12-29(31(21-9-22-31)26-15-17-27(32)18-16-26)33-39(35)38-30(25-10-7-6-8-11-25)24(3)34-40(36,37)28-19-13-23(2)14-20-28/h6-8,10-11,13-20,24,30,34H,4-5,9,12,21-22H2,1-3H3/b33-29+/t24-,30+,39?/m0/s1. The lowest BCUT2D eigenvalue weighted by Crippen LogP contribution is -2.43. The van der Waals surface area contributed by atoms with Crippen molar-refractivity contribution in [2.75, 3.05) is 0 Å². The molecule has 40 heavy (non-hydrogen) atoms. The minimum atomic E-state index is -3.83. The molecule has 1 aliphatic carbocycles. The van der Waals surface area contributed by atoms with Crippen LogP contribution in [0.1, 0.15) is 75.2 Å². The lowest BCUT2D eigenvalue weighted by Gasteiger charge is -2.43. The Morgan fingerprint density at radius 1 is 1.07 bits per heavy atom. The van der Waals surface area contributed by atoms with Crippen LogP contribution in [0.2, 0.25) is 5.02 Å². The van der Waals surface area contributed by atoms with E-state index in [2.05, 4.69) is 16.0 Å². The largest absolute Gasteiger partial charge is 0.559 e. The number of aryl methyl sites for hydroxylation is 1. The molecule has 1 saturated carbocycles. The van der Waals surface area contributed by atoms with E-state index in [1.165, 1.54) is 0 Å². The first-order valence-corrected chi connectivity index (χ1v) is 16.6. The molecule has 9 heteroatoms. The van der Waals surface area contributed by atoms with Crippen LogP contribution in [-0.4, -0.2) is 24.7 Å². The molecule has 3 atom stereocenters. The molecule has 1 aliphatic rings. The zero-order valence-electron chi connectivity index (χ0n) is 23.2. The first kappa shape index (κ1) is 30.8. The molecule has 1 unspecified atom stereocenters. The van der Waals surface area contributed by atoms with E-state index in [1.54, 1.807) is 31.2 Å². The summed E-state index contributed by atoms with van der Waals surface area (Å²) in [6.07, 6.45) is 4.68. The SMILES string of the molecule is CCCC/C(=N\[S+]([O-])O[C@@H](c1ccccc1)[C@H](C)NS(=O)(=O)c1ccc(C)cc1)C1(c2ccc(Cl)cc2)CCC1. The van der Waals surface area contributed by atoms with Crippen LogP contribution in [0, 0.1) is 6.92 Å². The van der Waals surface area contributed by atoms with Gasteiger partial charge in [-0.25, -0.2) is 13.1 Å². The summed E-state index contributed by atoms with van der Waals surface area (Å²) in [6.45, 7) is 5.73. The van der Waals surface area contributed by atoms with Crippen LogP contribution in [-0.2, 0) is 31.3 Å². The fourth-order valence-corrected chi connectivity index (χ4v) is 7.44. The highest BCUT2D eigenvalue weighted by Crippen LogP contribution is 2.47. The zero-order valence-corrected chi connectivity index (χ0v) is 25.6. The predicted molar refractivity (Wildman–Crippen MR) is 163 cm³/mol. The molecular formula is C31H37ClN2O4S2. The second-order valence-corrected chi connectivity index (χ2v) is 13.4. The Hall–Kier alpha value is -2.20. The van der Waals surface area contributed by atoms with Gasteiger partial charge in [-0.15, -0.1) is 4.18 Å². The first-order valence-electron chi connectivity index (χ1n) is 13.7. The van der Waals surface area contributed by atoms with E-state index < -0.39 is 33.8 Å². The molecule has 0 saturated heterocycles. The van der Waals surface area contributed by atoms with Gasteiger partial charge in [0.2, 0.25) is 10.0 Å². The number of nitrogens with zero attached hydrogens (tertiary/aromatic N) is 1. The van der Waals surface area contributed by atoms with Crippen LogP contribution in [0.25, 0.3) is 0 Å². The van der Waals surface area contributed by atoms with E-state index in [0.29, 0.717) is 17.0 Å². The Morgan fingerprint density at radius 2 is 1.73 bits per heavy atom. The summed E-state index contributed by atoms with van der Waals surface area (Å²) in [5, 5.41) is 0.671. The Balaban J connectivity index is 1.62. The maximum absolute atomic E-state index is 13.6. The molecule has 214 valence electrons. The predicted octanol–water partition coefficient (Wildman–Crippen LogP) is 7.40. The molecule has 4 rings (SSSR count). The fourth-order valence-electron chi connectivity index (χ4n) is 5.12. The quantitative estimate of drug-likeness (QED) is 0.163. The molecule has 3 aromatic rings. The van der Waals surface area contributed by atoms with Gasteiger partial charge in [-0.2, -0.15) is 0 Å². The molecular weight excluding hydrogens is 564 g/mol. The number of benzene rings is 3. The topological polar surface area (TPSA) is 90.8 Å². The van der Waals surface area contributed by atoms with Gasteiger partial charge in [-0.05, 0) is 79.3 Å². The normalized spacial score (nSPS) is 17.6. The van der Waals surface area contributed by atoms with E-state index in [9.17, 15) is 13.0 Å². The smallest absolute Gasteiger partial charge is 0.271 e. The number of hydrogen-bond acceptors (Lipinski definition) is 5. The van der Waals surface area contributed by atoms with Crippen LogP contribution in [0.3, 0.4) is 0 Å². The van der Waals surface area contributed by atoms with Gasteiger partial charge in [-0.1, -0.05) is 91.5 Å². The van der Waals surface area contributed by atoms with Crippen molar-refractivity contribution >= 4 is 39.0 Å². The third-order valence-electron chi connectivity index (χ3n) is 7.55. The van der Waals surface area contributed by atoms with Crippen LogP contribution in [0.5, 0.6) is 0 Å². The van der Waals surface area contributed by atoms with E-state index in [1.807, 2.05) is 61.5 Å². The number of nitrogens with one attached hydrogen (secondary N) is 1. The summed E-state index contributed by atoms with van der Waals surface area (Å²) >= 11 is 4.11. The zero-order chi connectivity index (χ0) is 28.8. The highest BCUT2D eigenvalue weighted by Gasteiger charge is 2.45. The Bertz CT molecular complexity index is 1380. The summed E-state index contributed by atoms with van der Waals surface area (Å²) in [7, 11) is -3.83. The monoisotopic (exact) mass is 600 g/mol. The Kier molecular flexibility index (Phi) is 10.5. The molecule has 6 nitrogen and oxygen atoms in total. The second kappa shape index (κ2) is 13.6. The second-order valence-electron chi connectivity index (χ2n) is 10.5. The van der Waals surface area contributed by atoms with Crippen molar-refractivity contribution in [1.29, 1.82) is 0 Å². The van der Waals surface area contributed by atoms with Crippen LogP contribution in [0.4, 0.5) is 0 Å². The molecule has 0 bridgehead atoms. The number of unbranched alkanes of at least 4 members (excludes halogenated alkanes) is 1. The first-order chi connectivity index (χ1) is 19.1. The maximum atomic E-state index is 13.6. The Morgan fingerprint density at radius 3 is 2.30 bits per heavy atom. The van der Waals surface area contributed by atoms with E-state index in [4.69, 9.17) is 15.8 Å². The Labute approximate surface area is 246 Å². The van der Waals surface area contributed by atoms with Gasteiger partial charge in [0, 0.05) is 10.4 Å². The van der Waals surface area contributed by atoms with Crippen molar-refractivity contribution < 1.29 is 17.2 Å². The summed E-state index contributed by atoms with van der Waals surface area (Å²) in [6, 6.07) is 23.0. The highest BCUT2D eigenvalue weighted by molar-refractivity contribution is 7.89. The summed E-state index contributed by atoms with van der Waals surface area (Å²) < 4.78 is 53.3. The molecule has 3 aromatic carbocycles. The third-order valence-corrected chi connectivity index (χ3v) is 10.1. The van der Waals surface area contributed by atoms with Gasteiger partial charge in [0.15, 0.2) is 6.10 Å². The van der Waals surface area contributed by atoms with E-state index in [0.717, 1.165) is 48.9 Å². The number of rotatable bonds is 13. The maximum Gasteiger partial charge on any atom is 0.271 e. The lowest BCUT2D eigenvalue weighted by atomic mass is 9.61. The molecule has 0 heterocycles. The van der Waals surface area contributed by atoms with Crippen molar-refractivity contribution in [3.05, 3.63) is 101 Å². The molecule has 1 N–H and O–H groups in total. The average molecular weight is 601 g/mol. The molecule has 0 amide bonds. The van der Waals surface area contributed by atoms with Gasteiger partial charge in [0.05, 0.1) is 16.6 Å². The van der Waals surface area contributed by atoms with Crippen molar-refractivity contribution in [1.82, 2.24) is 4.72 Å². The average Bonchev–Trinajstić information content (AvgIpc) is 2.91. The summed E-state index contributed by atoms with van der Waals surface area (Å²) in [5.74, 6) is 0. The van der Waals surface area contributed by atoms with Gasteiger partial charge < -0.3 is 4.55 Å². The van der Waals surface area contributed by atoms with Crippen LogP contribution >= 0.6 is 11.6 Å². The van der Waals surface area contributed by atoms with Gasteiger partial charge in [-0.3, -0.25) is 0 Å². The van der Waals surface area contributed by atoms with Gasteiger partial charge in [0.25, 0.3) is 11.6 Å². The van der Waals surface area contributed by atoms with Crippen LogP contribution in [0.15, 0.2) is 88.2 Å². The summed E-state index contributed by atoms with van der Waals surface area (Å²) in [5.41, 5.74) is 3.36. The van der Waals surface area contributed by atoms with Crippen molar-refractivity contribution in [3.63, 3.8) is 0 Å². The third kappa shape index (κ3) is 7.35. The summed E-state index contributed by atoms with van der Waals surface area (Å²) in [4.78, 5) is 0.160. The van der Waals surface area contributed by atoms with Gasteiger partial charge in [0.1, 0.15) is 0 Å². The number of halogens is 1. The molecule has 0 spiro atoms. The molecule has 0 radical (unpaired) electrons. The van der Waals surface area contributed by atoms with E-state index in [-0.39, 0.29) is 10.3 Å². The minimum absolute atomic E-state index is 0.160. The molecule has 0 aliphatic heterocycles.